The van der Waals surface area contributed by atoms with Crippen LogP contribution in [0.3, 0.4) is 0 Å². The van der Waals surface area contributed by atoms with Gasteiger partial charge in [-0.15, -0.1) is 0 Å². The van der Waals surface area contributed by atoms with E-state index in [-0.39, 0.29) is 11.6 Å². The molecule has 1 N–H and O–H groups in total. The Balaban J connectivity index is 1.41. The van der Waals surface area contributed by atoms with Gasteiger partial charge in [-0.3, -0.25) is 14.9 Å². The molecule has 0 radical (unpaired) electrons. The minimum atomic E-state index is -0.483. The smallest absolute Gasteiger partial charge is 0.287 e. The average molecular weight is 326 g/mol. The van der Waals surface area contributed by atoms with Gasteiger partial charge < -0.3 is 10.2 Å². The molecule has 0 aliphatic carbocycles. The van der Waals surface area contributed by atoms with Crippen LogP contribution >= 0.6 is 0 Å². The van der Waals surface area contributed by atoms with E-state index in [1.54, 1.807) is 6.07 Å². The first-order valence-electron chi connectivity index (χ1n) is 7.82. The first kappa shape index (κ1) is 15.9. The van der Waals surface area contributed by atoms with E-state index in [0.717, 1.165) is 0 Å². The van der Waals surface area contributed by atoms with Crippen LogP contribution in [0.4, 0.5) is 11.5 Å². The Kier molecular flexibility index (Phi) is 4.69. The largest absolute Gasteiger partial charge is 0.370 e. The molecule has 7 nitrogen and oxygen atoms in total. The fraction of sp³-hybridized carbons (Fsp3) is 0.294. The van der Waals surface area contributed by atoms with E-state index in [2.05, 4.69) is 22.4 Å². The van der Waals surface area contributed by atoms with E-state index in [9.17, 15) is 14.9 Å². The van der Waals surface area contributed by atoms with Crippen molar-refractivity contribution in [3.05, 3.63) is 63.8 Å². The molecule has 0 atom stereocenters. The monoisotopic (exact) mass is 326 g/mol. The number of carbonyl (C=O) groups is 1. The zero-order chi connectivity index (χ0) is 16.9. The van der Waals surface area contributed by atoms with Crippen molar-refractivity contribution in [2.75, 3.05) is 11.9 Å². The minimum Gasteiger partial charge on any atom is -0.370 e. The second kappa shape index (κ2) is 7.08. The lowest BCUT2D eigenvalue weighted by atomic mass is 10.1. The van der Waals surface area contributed by atoms with Crippen LogP contribution in [0.15, 0.2) is 42.6 Å². The molecule has 124 valence electrons. The Morgan fingerprint density at radius 2 is 1.92 bits per heavy atom. The molecule has 1 amide bonds. The average Bonchev–Trinajstić information content (AvgIpc) is 3.03. The van der Waals surface area contributed by atoms with Crippen LogP contribution in [0.5, 0.6) is 0 Å². The minimum absolute atomic E-state index is 0.0377. The number of nitrogens with zero attached hydrogens (tertiary/aromatic N) is 3. The molecule has 0 bridgehead atoms. The van der Waals surface area contributed by atoms with E-state index in [4.69, 9.17) is 0 Å². The molecule has 24 heavy (non-hydrogen) atoms. The Labute approximate surface area is 139 Å². The molecular weight excluding hydrogens is 308 g/mol. The van der Waals surface area contributed by atoms with Crippen molar-refractivity contribution in [3.8, 4) is 0 Å². The van der Waals surface area contributed by atoms with Crippen molar-refractivity contribution in [2.24, 2.45) is 0 Å². The van der Waals surface area contributed by atoms with Gasteiger partial charge >= 0.3 is 0 Å². The number of aromatic nitrogens is 1. The third kappa shape index (κ3) is 3.68. The third-order valence-corrected chi connectivity index (χ3v) is 4.03. The quantitative estimate of drug-likeness (QED) is 0.501. The zero-order valence-electron chi connectivity index (χ0n) is 13.1. The summed E-state index contributed by atoms with van der Waals surface area (Å²) in [5.41, 5.74) is 2.41. The second-order valence-electron chi connectivity index (χ2n) is 5.71. The standard InChI is InChI=1S/C17H18N4O3/c22-17(20-11-13-4-1-2-5-14(13)12-20)6-3-9-18-16-8-7-15(10-19-16)21(23)24/h1-2,4-5,7-8,10H,3,6,9,11-12H2,(H,18,19). The molecule has 2 aromatic rings. The number of hydrogen-bond acceptors (Lipinski definition) is 5. The van der Waals surface area contributed by atoms with Gasteiger partial charge in [0.25, 0.3) is 5.69 Å². The summed E-state index contributed by atoms with van der Waals surface area (Å²) >= 11 is 0. The highest BCUT2D eigenvalue weighted by Gasteiger charge is 2.22. The summed E-state index contributed by atoms with van der Waals surface area (Å²) in [5.74, 6) is 0.714. The van der Waals surface area contributed by atoms with E-state index in [1.807, 2.05) is 17.0 Å². The molecule has 0 saturated heterocycles. The number of carbonyl (C=O) groups excluding carboxylic acids is 1. The SMILES string of the molecule is O=C(CCCNc1ccc([N+](=O)[O-])cn1)N1Cc2ccccc2C1. The molecule has 3 rings (SSSR count). The van der Waals surface area contributed by atoms with Crippen molar-refractivity contribution in [1.82, 2.24) is 9.88 Å². The Morgan fingerprint density at radius 3 is 2.50 bits per heavy atom. The Bertz CT molecular complexity index is 721. The number of pyridine rings is 1. The van der Waals surface area contributed by atoms with Crippen LogP contribution in [0.1, 0.15) is 24.0 Å². The lowest BCUT2D eigenvalue weighted by Crippen LogP contribution is -2.25. The normalized spacial score (nSPS) is 12.8. The highest BCUT2D eigenvalue weighted by Crippen LogP contribution is 2.23. The lowest BCUT2D eigenvalue weighted by Gasteiger charge is -2.15. The van der Waals surface area contributed by atoms with E-state index >= 15 is 0 Å². The van der Waals surface area contributed by atoms with Crippen molar-refractivity contribution >= 4 is 17.4 Å². The van der Waals surface area contributed by atoms with Gasteiger partial charge in [-0.2, -0.15) is 0 Å². The molecule has 0 saturated carbocycles. The van der Waals surface area contributed by atoms with Crippen molar-refractivity contribution in [3.63, 3.8) is 0 Å². The van der Waals surface area contributed by atoms with Crippen molar-refractivity contribution in [1.29, 1.82) is 0 Å². The maximum atomic E-state index is 12.3. The molecule has 0 unspecified atom stereocenters. The number of nitro groups is 1. The van der Waals surface area contributed by atoms with Gasteiger partial charge in [0.05, 0.1) is 4.92 Å². The summed E-state index contributed by atoms with van der Waals surface area (Å²) in [4.78, 5) is 28.2. The topological polar surface area (TPSA) is 88.4 Å². The molecule has 2 heterocycles. The summed E-state index contributed by atoms with van der Waals surface area (Å²) in [6.07, 6.45) is 2.37. The van der Waals surface area contributed by atoms with E-state index in [0.29, 0.717) is 38.3 Å². The van der Waals surface area contributed by atoms with Gasteiger partial charge in [-0.05, 0) is 23.6 Å². The highest BCUT2D eigenvalue weighted by atomic mass is 16.6. The number of rotatable bonds is 6. The summed E-state index contributed by atoms with van der Waals surface area (Å²) in [6, 6.07) is 11.1. The molecular formula is C17H18N4O3. The number of benzene rings is 1. The number of nitrogens with one attached hydrogen (secondary N) is 1. The Morgan fingerprint density at radius 1 is 1.21 bits per heavy atom. The van der Waals surface area contributed by atoms with Crippen LogP contribution < -0.4 is 5.32 Å². The molecule has 7 heteroatoms. The van der Waals surface area contributed by atoms with Crippen LogP contribution in [-0.2, 0) is 17.9 Å². The van der Waals surface area contributed by atoms with Crippen LogP contribution in [-0.4, -0.2) is 27.3 Å². The number of hydrogen-bond donors (Lipinski definition) is 1. The van der Waals surface area contributed by atoms with E-state index in [1.165, 1.54) is 23.4 Å². The van der Waals surface area contributed by atoms with Gasteiger partial charge in [-0.1, -0.05) is 24.3 Å². The predicted octanol–water partition coefficient (Wildman–Crippen LogP) is 2.72. The fourth-order valence-electron chi connectivity index (χ4n) is 2.72. The predicted molar refractivity (Wildman–Crippen MR) is 89.3 cm³/mol. The lowest BCUT2D eigenvalue weighted by molar-refractivity contribution is -0.385. The maximum Gasteiger partial charge on any atom is 0.287 e. The van der Waals surface area contributed by atoms with Gasteiger partial charge in [0.15, 0.2) is 0 Å². The zero-order valence-corrected chi connectivity index (χ0v) is 13.1. The molecule has 1 aliphatic rings. The fourth-order valence-corrected chi connectivity index (χ4v) is 2.72. The van der Waals surface area contributed by atoms with Gasteiger partial charge in [-0.25, -0.2) is 4.98 Å². The summed E-state index contributed by atoms with van der Waals surface area (Å²) in [7, 11) is 0. The molecule has 0 spiro atoms. The van der Waals surface area contributed by atoms with Gasteiger partial charge in [0.2, 0.25) is 5.91 Å². The number of amides is 1. The third-order valence-electron chi connectivity index (χ3n) is 4.03. The molecule has 0 fully saturated rings. The molecule has 1 aliphatic heterocycles. The van der Waals surface area contributed by atoms with Crippen molar-refractivity contribution < 1.29 is 9.72 Å². The Hall–Kier alpha value is -2.96. The van der Waals surface area contributed by atoms with Crippen LogP contribution in [0.25, 0.3) is 0 Å². The number of anilines is 1. The van der Waals surface area contributed by atoms with Crippen LogP contribution in [0.2, 0.25) is 0 Å². The molecule has 1 aromatic heterocycles. The van der Waals surface area contributed by atoms with Gasteiger partial charge in [0, 0.05) is 32.1 Å². The summed E-state index contributed by atoms with van der Waals surface area (Å²) in [5, 5.41) is 13.6. The van der Waals surface area contributed by atoms with Gasteiger partial charge in [0.1, 0.15) is 12.0 Å². The van der Waals surface area contributed by atoms with Crippen molar-refractivity contribution in [2.45, 2.75) is 25.9 Å². The number of fused-ring (bicyclic) bond motifs is 1. The first-order chi connectivity index (χ1) is 11.6. The molecule has 1 aromatic carbocycles. The highest BCUT2D eigenvalue weighted by molar-refractivity contribution is 5.77. The summed E-state index contributed by atoms with van der Waals surface area (Å²) < 4.78 is 0. The van der Waals surface area contributed by atoms with Crippen LogP contribution in [0, 0.1) is 10.1 Å². The second-order valence-corrected chi connectivity index (χ2v) is 5.71. The maximum absolute atomic E-state index is 12.3. The van der Waals surface area contributed by atoms with E-state index < -0.39 is 4.92 Å². The summed E-state index contributed by atoms with van der Waals surface area (Å²) in [6.45, 7) is 1.97. The first-order valence-corrected chi connectivity index (χ1v) is 7.82.